The van der Waals surface area contributed by atoms with E-state index in [0.717, 1.165) is 12.4 Å². The lowest BCUT2D eigenvalue weighted by Gasteiger charge is -2.08. The average molecular weight is 198 g/mol. The van der Waals surface area contributed by atoms with Gasteiger partial charge in [0.15, 0.2) is 0 Å². The van der Waals surface area contributed by atoms with E-state index in [0.29, 0.717) is 5.92 Å². The molecule has 0 aliphatic heterocycles. The second-order valence-electron chi connectivity index (χ2n) is 3.32. The quantitative estimate of drug-likeness (QED) is 0.750. The van der Waals surface area contributed by atoms with Crippen LogP contribution in [0.25, 0.3) is 0 Å². The summed E-state index contributed by atoms with van der Waals surface area (Å²) in [6.45, 7) is 0.783. The maximum atomic E-state index is 6.12. The first-order valence-electron chi connectivity index (χ1n) is 4.50. The number of anilines is 1. The molecule has 1 heterocycles. The van der Waals surface area contributed by atoms with Crippen LogP contribution < -0.4 is 5.32 Å². The van der Waals surface area contributed by atoms with Gasteiger partial charge in [-0.3, -0.25) is 4.98 Å². The van der Waals surface area contributed by atoms with Gasteiger partial charge in [0.1, 0.15) is 5.82 Å². The van der Waals surface area contributed by atoms with Crippen LogP contribution in [0, 0.1) is 5.92 Å². The van der Waals surface area contributed by atoms with Crippen LogP contribution in [0.1, 0.15) is 12.8 Å². The van der Waals surface area contributed by atoms with Crippen LogP contribution in [-0.2, 0) is 0 Å². The molecule has 1 unspecified atom stereocenters. The van der Waals surface area contributed by atoms with Crippen LogP contribution in [0.4, 0.5) is 5.82 Å². The molecule has 0 amide bonds. The van der Waals surface area contributed by atoms with Gasteiger partial charge in [0.2, 0.25) is 0 Å². The first-order valence-corrected chi connectivity index (χ1v) is 4.94. The van der Waals surface area contributed by atoms with Gasteiger partial charge in [0.25, 0.3) is 0 Å². The number of hydrogen-bond donors (Lipinski definition) is 1. The molecule has 0 aromatic carbocycles. The number of nitrogens with one attached hydrogen (secondary N) is 1. The van der Waals surface area contributed by atoms with E-state index in [1.807, 2.05) is 0 Å². The SMILES string of the molecule is ClC(CNc1cnccn1)C1CC1. The molecule has 2 rings (SSSR count). The number of aromatic nitrogens is 2. The summed E-state index contributed by atoms with van der Waals surface area (Å²) < 4.78 is 0. The van der Waals surface area contributed by atoms with Crippen LogP contribution >= 0.6 is 11.6 Å². The van der Waals surface area contributed by atoms with Crippen molar-refractivity contribution in [3.05, 3.63) is 18.6 Å². The van der Waals surface area contributed by atoms with Crippen LogP contribution in [0.2, 0.25) is 0 Å². The van der Waals surface area contributed by atoms with Crippen molar-refractivity contribution in [1.29, 1.82) is 0 Å². The summed E-state index contributed by atoms with van der Waals surface area (Å²) in [5, 5.41) is 3.40. The molecule has 0 bridgehead atoms. The topological polar surface area (TPSA) is 37.8 Å². The fourth-order valence-corrected chi connectivity index (χ4v) is 1.55. The Bertz CT molecular complexity index is 261. The second kappa shape index (κ2) is 3.92. The highest BCUT2D eigenvalue weighted by atomic mass is 35.5. The van der Waals surface area contributed by atoms with Crippen LogP contribution in [0.5, 0.6) is 0 Å². The third kappa shape index (κ3) is 2.56. The zero-order chi connectivity index (χ0) is 9.10. The lowest BCUT2D eigenvalue weighted by atomic mass is 10.3. The van der Waals surface area contributed by atoms with E-state index in [-0.39, 0.29) is 5.38 Å². The van der Waals surface area contributed by atoms with Gasteiger partial charge in [-0.25, -0.2) is 4.98 Å². The predicted molar refractivity (Wildman–Crippen MR) is 52.9 cm³/mol. The minimum Gasteiger partial charge on any atom is -0.367 e. The highest BCUT2D eigenvalue weighted by molar-refractivity contribution is 6.21. The predicted octanol–water partition coefficient (Wildman–Crippen LogP) is 1.91. The van der Waals surface area contributed by atoms with Crippen LogP contribution in [-0.4, -0.2) is 21.9 Å². The second-order valence-corrected chi connectivity index (χ2v) is 3.89. The van der Waals surface area contributed by atoms with Crippen molar-refractivity contribution in [3.63, 3.8) is 0 Å². The molecule has 1 aromatic heterocycles. The lowest BCUT2D eigenvalue weighted by molar-refractivity contribution is 0.768. The van der Waals surface area contributed by atoms with Gasteiger partial charge < -0.3 is 5.32 Å². The molecule has 0 spiro atoms. The van der Waals surface area contributed by atoms with Crippen molar-refractivity contribution >= 4 is 17.4 Å². The molecule has 1 atom stereocenters. The van der Waals surface area contributed by atoms with E-state index in [4.69, 9.17) is 11.6 Å². The maximum absolute atomic E-state index is 6.12. The van der Waals surface area contributed by atoms with Crippen molar-refractivity contribution in [2.45, 2.75) is 18.2 Å². The van der Waals surface area contributed by atoms with Crippen molar-refractivity contribution in [2.75, 3.05) is 11.9 Å². The number of halogens is 1. The zero-order valence-electron chi connectivity index (χ0n) is 7.28. The molecule has 0 saturated heterocycles. The minimum atomic E-state index is 0.238. The fourth-order valence-electron chi connectivity index (χ4n) is 1.22. The maximum Gasteiger partial charge on any atom is 0.144 e. The van der Waals surface area contributed by atoms with Crippen molar-refractivity contribution in [1.82, 2.24) is 9.97 Å². The smallest absolute Gasteiger partial charge is 0.144 e. The monoisotopic (exact) mass is 197 g/mol. The minimum absolute atomic E-state index is 0.238. The van der Waals surface area contributed by atoms with Gasteiger partial charge in [-0.15, -0.1) is 11.6 Å². The Morgan fingerprint density at radius 1 is 1.54 bits per heavy atom. The molecule has 1 N–H and O–H groups in total. The lowest BCUT2D eigenvalue weighted by Crippen LogP contribution is -2.16. The standard InChI is InChI=1S/C9H12ClN3/c10-8(7-1-2-7)5-13-9-6-11-3-4-12-9/h3-4,6-8H,1-2,5H2,(H,12,13). The fraction of sp³-hybridized carbons (Fsp3) is 0.556. The Morgan fingerprint density at radius 3 is 3.00 bits per heavy atom. The number of hydrogen-bond acceptors (Lipinski definition) is 3. The van der Waals surface area contributed by atoms with Gasteiger partial charge in [-0.05, 0) is 18.8 Å². The third-order valence-corrected chi connectivity index (χ3v) is 2.69. The van der Waals surface area contributed by atoms with Gasteiger partial charge in [-0.2, -0.15) is 0 Å². The normalized spacial score (nSPS) is 18.2. The molecule has 13 heavy (non-hydrogen) atoms. The Balaban J connectivity index is 1.78. The van der Waals surface area contributed by atoms with E-state index in [1.165, 1.54) is 12.8 Å². The summed E-state index contributed by atoms with van der Waals surface area (Å²) in [6.07, 6.45) is 7.58. The summed E-state index contributed by atoms with van der Waals surface area (Å²) in [7, 11) is 0. The summed E-state index contributed by atoms with van der Waals surface area (Å²) in [6, 6.07) is 0. The van der Waals surface area contributed by atoms with Crippen LogP contribution in [0.3, 0.4) is 0 Å². The summed E-state index contributed by atoms with van der Waals surface area (Å²) in [4.78, 5) is 8.05. The Hall–Kier alpha value is -0.830. The summed E-state index contributed by atoms with van der Waals surface area (Å²) in [5.41, 5.74) is 0. The average Bonchev–Trinajstić information content (AvgIpc) is 2.99. The van der Waals surface area contributed by atoms with E-state index >= 15 is 0 Å². The zero-order valence-corrected chi connectivity index (χ0v) is 8.04. The van der Waals surface area contributed by atoms with Crippen molar-refractivity contribution in [3.8, 4) is 0 Å². The first-order chi connectivity index (χ1) is 6.36. The number of rotatable bonds is 4. The molecule has 1 aromatic rings. The first kappa shape index (κ1) is 8.75. The van der Waals surface area contributed by atoms with Gasteiger partial charge in [0, 0.05) is 18.9 Å². The highest BCUT2D eigenvalue weighted by Gasteiger charge is 2.29. The van der Waals surface area contributed by atoms with Gasteiger partial charge in [-0.1, -0.05) is 0 Å². The van der Waals surface area contributed by atoms with E-state index < -0.39 is 0 Å². The molecule has 0 radical (unpaired) electrons. The molecule has 70 valence electrons. The van der Waals surface area contributed by atoms with Gasteiger partial charge >= 0.3 is 0 Å². The molecule has 1 aliphatic rings. The van der Waals surface area contributed by atoms with E-state index in [9.17, 15) is 0 Å². The van der Waals surface area contributed by atoms with Crippen molar-refractivity contribution in [2.24, 2.45) is 5.92 Å². The summed E-state index contributed by atoms with van der Waals surface area (Å²) in [5.74, 6) is 1.51. The summed E-state index contributed by atoms with van der Waals surface area (Å²) >= 11 is 6.12. The highest BCUT2D eigenvalue weighted by Crippen LogP contribution is 2.35. The molecule has 1 saturated carbocycles. The van der Waals surface area contributed by atoms with Crippen LogP contribution in [0.15, 0.2) is 18.6 Å². The largest absolute Gasteiger partial charge is 0.367 e. The molecule has 1 fully saturated rings. The number of nitrogens with zero attached hydrogens (tertiary/aromatic N) is 2. The molecule has 1 aliphatic carbocycles. The molecular weight excluding hydrogens is 186 g/mol. The molecule has 3 nitrogen and oxygen atoms in total. The van der Waals surface area contributed by atoms with E-state index in [2.05, 4.69) is 15.3 Å². The Morgan fingerprint density at radius 2 is 2.38 bits per heavy atom. The molecular formula is C9H12ClN3. The van der Waals surface area contributed by atoms with Gasteiger partial charge in [0.05, 0.1) is 11.6 Å². The van der Waals surface area contributed by atoms with E-state index in [1.54, 1.807) is 18.6 Å². The van der Waals surface area contributed by atoms with Crippen molar-refractivity contribution < 1.29 is 0 Å². The number of alkyl halides is 1. The third-order valence-electron chi connectivity index (χ3n) is 2.17. The Kier molecular flexibility index (Phi) is 2.64. The molecule has 4 heteroatoms. The Labute approximate surface area is 82.5 Å².